The lowest BCUT2D eigenvalue weighted by Gasteiger charge is -2.18. The van der Waals surface area contributed by atoms with Gasteiger partial charge in [-0.15, -0.1) is 0 Å². The first-order chi connectivity index (χ1) is 10.9. The van der Waals surface area contributed by atoms with Crippen LogP contribution in [0.1, 0.15) is 12.1 Å². The highest BCUT2D eigenvalue weighted by molar-refractivity contribution is 7.73. The molecule has 0 N–H and O–H groups in total. The zero-order valence-electron chi connectivity index (χ0n) is 12.6. The van der Waals surface area contributed by atoms with E-state index >= 15 is 0 Å². The number of hydrogen-bond acceptors (Lipinski definition) is 1. The molecular formula is C20H20NP. The highest BCUT2D eigenvalue weighted by atomic mass is 31.1. The molecule has 0 unspecified atom stereocenters. The fraction of sp³-hybridized carbons (Fsp3) is 0.150. The van der Waals surface area contributed by atoms with E-state index in [9.17, 15) is 0 Å². The molecule has 0 aliphatic rings. The van der Waals surface area contributed by atoms with E-state index < -0.39 is 0 Å². The third kappa shape index (κ3) is 4.02. The van der Waals surface area contributed by atoms with Crippen molar-refractivity contribution in [3.05, 3.63) is 90.8 Å². The zero-order valence-corrected chi connectivity index (χ0v) is 13.5. The summed E-state index contributed by atoms with van der Waals surface area (Å²) in [4.78, 5) is 4.43. The minimum atomic E-state index is -0.275. The summed E-state index contributed by atoms with van der Waals surface area (Å²) < 4.78 is 0. The Morgan fingerprint density at radius 1 is 0.682 bits per heavy atom. The molecule has 0 aliphatic heterocycles. The van der Waals surface area contributed by atoms with E-state index in [1.807, 2.05) is 12.3 Å². The topological polar surface area (TPSA) is 12.9 Å². The predicted molar refractivity (Wildman–Crippen MR) is 96.5 cm³/mol. The summed E-state index contributed by atoms with van der Waals surface area (Å²) in [6.45, 7) is 0. The second-order valence-corrected chi connectivity index (χ2v) is 7.58. The van der Waals surface area contributed by atoms with E-state index in [1.165, 1.54) is 28.9 Å². The monoisotopic (exact) mass is 305 g/mol. The minimum absolute atomic E-state index is 0.275. The molecule has 1 heterocycles. The summed E-state index contributed by atoms with van der Waals surface area (Å²) in [6.07, 6.45) is 5.32. The van der Waals surface area contributed by atoms with Crippen molar-refractivity contribution in [1.29, 1.82) is 0 Å². The van der Waals surface area contributed by atoms with E-state index in [0.717, 1.165) is 6.42 Å². The van der Waals surface area contributed by atoms with Crippen molar-refractivity contribution >= 4 is 18.5 Å². The number of aromatic nitrogens is 1. The molecule has 2 aromatic carbocycles. The number of rotatable bonds is 6. The molecule has 0 saturated carbocycles. The van der Waals surface area contributed by atoms with Crippen LogP contribution in [0.4, 0.5) is 0 Å². The number of pyridine rings is 1. The second-order valence-electron chi connectivity index (χ2n) is 5.25. The van der Waals surface area contributed by atoms with Gasteiger partial charge in [-0.05, 0) is 49.7 Å². The van der Waals surface area contributed by atoms with Gasteiger partial charge in [0.2, 0.25) is 0 Å². The van der Waals surface area contributed by atoms with Gasteiger partial charge in [-0.25, -0.2) is 0 Å². The Labute approximate surface area is 133 Å². The summed E-state index contributed by atoms with van der Waals surface area (Å²) in [5.74, 6) is 0. The van der Waals surface area contributed by atoms with E-state index in [0.29, 0.717) is 0 Å². The summed E-state index contributed by atoms with van der Waals surface area (Å²) in [5.41, 5.74) is 1.19. The van der Waals surface area contributed by atoms with E-state index in [2.05, 4.69) is 77.8 Å². The van der Waals surface area contributed by atoms with Crippen LogP contribution in [0.3, 0.4) is 0 Å². The van der Waals surface area contributed by atoms with Gasteiger partial charge in [-0.2, -0.15) is 0 Å². The van der Waals surface area contributed by atoms with E-state index in [1.54, 1.807) is 0 Å². The van der Waals surface area contributed by atoms with E-state index in [4.69, 9.17) is 0 Å². The number of nitrogens with zero attached hydrogens (tertiary/aromatic N) is 1. The van der Waals surface area contributed by atoms with Gasteiger partial charge in [-0.3, -0.25) is 4.98 Å². The molecule has 0 radical (unpaired) electrons. The maximum absolute atomic E-state index is 4.43. The summed E-state index contributed by atoms with van der Waals surface area (Å²) in [5, 5.41) is 2.93. The maximum atomic E-state index is 4.43. The van der Waals surface area contributed by atoms with Crippen LogP contribution < -0.4 is 10.6 Å². The molecule has 1 nitrogen and oxygen atoms in total. The third-order valence-corrected chi connectivity index (χ3v) is 6.28. The lowest BCUT2D eigenvalue weighted by Crippen LogP contribution is -2.14. The first-order valence-corrected chi connectivity index (χ1v) is 9.24. The third-order valence-electron chi connectivity index (χ3n) is 3.68. The molecule has 0 amide bonds. The second kappa shape index (κ2) is 7.87. The summed E-state index contributed by atoms with van der Waals surface area (Å²) in [7, 11) is -0.275. The van der Waals surface area contributed by atoms with Crippen LogP contribution >= 0.6 is 7.92 Å². The van der Waals surface area contributed by atoms with Crippen molar-refractivity contribution < 1.29 is 0 Å². The largest absolute Gasteiger partial charge is 0.261 e. The molecule has 0 aliphatic carbocycles. The van der Waals surface area contributed by atoms with E-state index in [-0.39, 0.29) is 7.92 Å². The minimum Gasteiger partial charge on any atom is -0.261 e. The molecule has 0 fully saturated rings. The van der Waals surface area contributed by atoms with Gasteiger partial charge in [0.05, 0.1) is 0 Å². The maximum Gasteiger partial charge on any atom is 0.0403 e. The van der Waals surface area contributed by atoms with Gasteiger partial charge in [0.25, 0.3) is 0 Å². The Kier molecular flexibility index (Phi) is 5.34. The Balaban J connectivity index is 1.72. The van der Waals surface area contributed by atoms with Gasteiger partial charge in [0, 0.05) is 11.9 Å². The van der Waals surface area contributed by atoms with Crippen molar-refractivity contribution in [2.45, 2.75) is 12.8 Å². The fourth-order valence-corrected chi connectivity index (χ4v) is 4.94. The van der Waals surface area contributed by atoms with Gasteiger partial charge in [0.1, 0.15) is 0 Å². The average molecular weight is 305 g/mol. The average Bonchev–Trinajstić information content (AvgIpc) is 2.61. The SMILES string of the molecule is c1ccc(P(CCCc2ccccn2)c2ccccc2)cc1. The van der Waals surface area contributed by atoms with Gasteiger partial charge >= 0.3 is 0 Å². The number of hydrogen-bond donors (Lipinski definition) is 0. The lowest BCUT2D eigenvalue weighted by atomic mass is 10.2. The van der Waals surface area contributed by atoms with Crippen LogP contribution in [0.2, 0.25) is 0 Å². The quantitative estimate of drug-likeness (QED) is 0.624. The molecule has 2 heteroatoms. The highest BCUT2D eigenvalue weighted by Crippen LogP contribution is 2.34. The van der Waals surface area contributed by atoms with Crippen molar-refractivity contribution in [2.75, 3.05) is 6.16 Å². The molecular weight excluding hydrogens is 285 g/mol. The fourth-order valence-electron chi connectivity index (χ4n) is 2.59. The zero-order chi connectivity index (χ0) is 15.0. The molecule has 0 saturated heterocycles. The van der Waals surface area contributed by atoms with Crippen molar-refractivity contribution in [3.63, 3.8) is 0 Å². The molecule has 1 aromatic heterocycles. The van der Waals surface area contributed by atoms with Crippen LogP contribution in [0.5, 0.6) is 0 Å². The number of aryl methyl sites for hydroxylation is 1. The smallest absolute Gasteiger partial charge is 0.0403 e. The molecule has 0 bridgehead atoms. The van der Waals surface area contributed by atoms with Gasteiger partial charge in [0.15, 0.2) is 0 Å². The number of benzene rings is 2. The Bertz CT molecular complexity index is 628. The lowest BCUT2D eigenvalue weighted by molar-refractivity contribution is 0.889. The molecule has 0 atom stereocenters. The molecule has 3 aromatic rings. The Morgan fingerprint density at radius 3 is 1.82 bits per heavy atom. The molecule has 22 heavy (non-hydrogen) atoms. The van der Waals surface area contributed by atoms with Crippen molar-refractivity contribution in [1.82, 2.24) is 4.98 Å². The van der Waals surface area contributed by atoms with Crippen LogP contribution in [-0.2, 0) is 6.42 Å². The predicted octanol–water partition coefficient (Wildman–Crippen LogP) is 4.15. The van der Waals surface area contributed by atoms with Gasteiger partial charge < -0.3 is 0 Å². The van der Waals surface area contributed by atoms with Gasteiger partial charge in [-0.1, -0.05) is 66.7 Å². The molecule has 3 rings (SSSR count). The highest BCUT2D eigenvalue weighted by Gasteiger charge is 2.12. The van der Waals surface area contributed by atoms with Crippen LogP contribution in [0.15, 0.2) is 85.1 Å². The Morgan fingerprint density at radius 2 is 1.27 bits per heavy atom. The molecule has 0 spiro atoms. The first kappa shape index (κ1) is 14.9. The summed E-state index contributed by atoms with van der Waals surface area (Å²) >= 11 is 0. The van der Waals surface area contributed by atoms with Crippen molar-refractivity contribution in [3.8, 4) is 0 Å². The Hall–Kier alpha value is -1.98. The van der Waals surface area contributed by atoms with Crippen LogP contribution in [-0.4, -0.2) is 11.1 Å². The van der Waals surface area contributed by atoms with Crippen LogP contribution in [0, 0.1) is 0 Å². The molecule has 110 valence electrons. The standard InChI is InChI=1S/C20H20NP/c1-3-12-19(13-4-1)22(20-14-5-2-6-15-20)17-9-11-18-10-7-8-16-21-18/h1-8,10,12-16H,9,11,17H2. The van der Waals surface area contributed by atoms with Crippen LogP contribution in [0.25, 0.3) is 0 Å². The first-order valence-electron chi connectivity index (χ1n) is 7.71. The normalized spacial score (nSPS) is 10.8. The van der Waals surface area contributed by atoms with Crippen molar-refractivity contribution in [2.24, 2.45) is 0 Å². The summed E-state index contributed by atoms with van der Waals surface area (Å²) in [6, 6.07) is 28.0.